The molecule has 0 atom stereocenters. The third-order valence-electron chi connectivity index (χ3n) is 2.79. The van der Waals surface area contributed by atoms with Gasteiger partial charge in [-0.3, -0.25) is 4.79 Å². The van der Waals surface area contributed by atoms with E-state index in [1.807, 2.05) is 7.05 Å². The molecule has 0 aromatic carbocycles. The van der Waals surface area contributed by atoms with Crippen molar-refractivity contribution in [1.29, 1.82) is 0 Å². The first-order valence-corrected chi connectivity index (χ1v) is 6.49. The van der Waals surface area contributed by atoms with Crippen LogP contribution in [0.15, 0.2) is 0 Å². The van der Waals surface area contributed by atoms with E-state index in [0.29, 0.717) is 24.0 Å². The molecule has 0 radical (unpaired) electrons. The third kappa shape index (κ3) is 4.80. The summed E-state index contributed by atoms with van der Waals surface area (Å²) in [6.45, 7) is 2.01. The van der Waals surface area contributed by atoms with Crippen LogP contribution in [-0.4, -0.2) is 56.2 Å². The van der Waals surface area contributed by atoms with Crippen LogP contribution in [-0.2, 0) is 14.3 Å². The lowest BCUT2D eigenvalue weighted by Crippen LogP contribution is -2.39. The van der Waals surface area contributed by atoms with E-state index in [4.69, 9.17) is 9.47 Å². The van der Waals surface area contributed by atoms with Gasteiger partial charge in [0, 0.05) is 25.5 Å². The maximum absolute atomic E-state index is 11.6. The molecule has 1 aliphatic rings. The molecule has 0 aromatic heterocycles. The van der Waals surface area contributed by atoms with E-state index in [0.717, 1.165) is 6.54 Å². The second-order valence-electron chi connectivity index (χ2n) is 4.25. The van der Waals surface area contributed by atoms with E-state index in [-0.39, 0.29) is 12.5 Å². The van der Waals surface area contributed by atoms with Gasteiger partial charge in [-0.25, -0.2) is 0 Å². The number of halogens is 1. The Kier molecular flexibility index (Phi) is 6.31. The van der Waals surface area contributed by atoms with Crippen molar-refractivity contribution in [3.05, 3.63) is 0 Å². The maximum atomic E-state index is 11.6. The largest absolute Gasteiger partial charge is 0.382 e. The van der Waals surface area contributed by atoms with Gasteiger partial charge < -0.3 is 14.4 Å². The van der Waals surface area contributed by atoms with Gasteiger partial charge in [-0.05, 0) is 18.8 Å². The fraction of sp³-hybridized carbons (Fsp3) is 0.909. The first-order valence-electron chi connectivity index (χ1n) is 5.58. The quantitative estimate of drug-likeness (QED) is 0.524. The van der Waals surface area contributed by atoms with Gasteiger partial charge in [0.15, 0.2) is 0 Å². The summed E-state index contributed by atoms with van der Waals surface area (Å²) < 4.78 is 10.0. The summed E-state index contributed by atoms with van der Waals surface area (Å²) in [7, 11) is 3.45. The van der Waals surface area contributed by atoms with Crippen LogP contribution in [0.25, 0.3) is 0 Å². The predicted octanol–water partition coefficient (Wildman–Crippen LogP) is 1.28. The van der Waals surface area contributed by atoms with Gasteiger partial charge >= 0.3 is 0 Å². The second-order valence-corrected chi connectivity index (χ2v) is 5.55. The number of amides is 1. The Balaban J connectivity index is 2.06. The Labute approximate surface area is 105 Å². The van der Waals surface area contributed by atoms with Gasteiger partial charge in [0.05, 0.1) is 13.2 Å². The minimum absolute atomic E-state index is 0.0501. The third-order valence-corrected chi connectivity index (χ3v) is 3.54. The van der Waals surface area contributed by atoms with Crippen LogP contribution in [0.4, 0.5) is 0 Å². The average molecular weight is 294 g/mol. The van der Waals surface area contributed by atoms with Crippen molar-refractivity contribution < 1.29 is 14.3 Å². The first-order chi connectivity index (χ1) is 7.63. The molecule has 16 heavy (non-hydrogen) atoms. The van der Waals surface area contributed by atoms with Crippen LogP contribution in [0.2, 0.25) is 0 Å². The molecule has 1 fully saturated rings. The molecule has 0 spiro atoms. The van der Waals surface area contributed by atoms with Crippen LogP contribution < -0.4 is 0 Å². The van der Waals surface area contributed by atoms with Crippen molar-refractivity contribution in [3.63, 3.8) is 0 Å². The van der Waals surface area contributed by atoms with Crippen molar-refractivity contribution in [3.8, 4) is 0 Å². The lowest BCUT2D eigenvalue weighted by Gasteiger charge is -2.34. The van der Waals surface area contributed by atoms with Crippen LogP contribution in [0, 0.1) is 5.92 Å². The van der Waals surface area contributed by atoms with Crippen LogP contribution >= 0.6 is 15.9 Å². The number of likely N-dealkylation sites (N-methyl/N-ethyl adjacent to an activating group) is 1. The minimum Gasteiger partial charge on any atom is -0.382 e. The summed E-state index contributed by atoms with van der Waals surface area (Å²) in [5.41, 5.74) is 0. The van der Waals surface area contributed by atoms with Crippen LogP contribution in [0.1, 0.15) is 12.8 Å². The van der Waals surface area contributed by atoms with Crippen molar-refractivity contribution in [1.82, 2.24) is 4.90 Å². The van der Waals surface area contributed by atoms with Gasteiger partial charge in [0.25, 0.3) is 0 Å². The van der Waals surface area contributed by atoms with Crippen LogP contribution in [0.3, 0.4) is 0 Å². The van der Waals surface area contributed by atoms with Crippen molar-refractivity contribution in [2.45, 2.75) is 17.7 Å². The number of alkyl halides is 1. The van der Waals surface area contributed by atoms with E-state index in [9.17, 15) is 4.79 Å². The molecule has 5 heteroatoms. The van der Waals surface area contributed by atoms with E-state index in [2.05, 4.69) is 15.9 Å². The molecule has 1 aliphatic carbocycles. The van der Waals surface area contributed by atoms with E-state index < -0.39 is 0 Å². The summed E-state index contributed by atoms with van der Waals surface area (Å²) in [5.74, 6) is 0.700. The van der Waals surface area contributed by atoms with Gasteiger partial charge in [-0.1, -0.05) is 15.9 Å². The van der Waals surface area contributed by atoms with E-state index in [1.54, 1.807) is 12.0 Å². The standard InChI is InChI=1S/C11H20BrNO3/c1-13(7-9-5-10(12)6-9)11(14)8-16-4-3-15-2/h9-10H,3-8H2,1-2H3. The molecule has 1 rings (SSSR count). The molecule has 0 saturated heterocycles. The van der Waals surface area contributed by atoms with Crippen molar-refractivity contribution >= 4 is 21.8 Å². The van der Waals surface area contributed by atoms with Gasteiger partial charge in [0.1, 0.15) is 6.61 Å². The average Bonchev–Trinajstić information content (AvgIpc) is 2.21. The number of nitrogens with zero attached hydrogens (tertiary/aromatic N) is 1. The highest BCUT2D eigenvalue weighted by Crippen LogP contribution is 2.33. The number of carbonyl (C=O) groups is 1. The number of methoxy groups -OCH3 is 1. The van der Waals surface area contributed by atoms with Crippen molar-refractivity contribution in [2.75, 3.05) is 40.5 Å². The molecule has 0 unspecified atom stereocenters. The lowest BCUT2D eigenvalue weighted by atomic mass is 9.85. The molecule has 0 aliphatic heterocycles. The highest BCUT2D eigenvalue weighted by atomic mass is 79.9. The topological polar surface area (TPSA) is 38.8 Å². The Morgan fingerprint density at radius 1 is 1.44 bits per heavy atom. The minimum atomic E-state index is 0.0501. The highest BCUT2D eigenvalue weighted by molar-refractivity contribution is 9.09. The zero-order valence-electron chi connectivity index (χ0n) is 9.95. The Morgan fingerprint density at radius 2 is 2.12 bits per heavy atom. The first kappa shape index (κ1) is 13.9. The number of rotatable bonds is 7. The molecule has 1 amide bonds. The van der Waals surface area contributed by atoms with Crippen molar-refractivity contribution in [2.24, 2.45) is 5.92 Å². The predicted molar refractivity (Wildman–Crippen MR) is 65.8 cm³/mol. The monoisotopic (exact) mass is 293 g/mol. The number of hydrogen-bond acceptors (Lipinski definition) is 3. The second kappa shape index (κ2) is 7.25. The van der Waals surface area contributed by atoms with Gasteiger partial charge in [-0.15, -0.1) is 0 Å². The number of ether oxygens (including phenoxy) is 2. The smallest absolute Gasteiger partial charge is 0.248 e. The molecule has 0 aromatic rings. The fourth-order valence-electron chi connectivity index (χ4n) is 1.70. The molecular formula is C11H20BrNO3. The molecule has 0 bridgehead atoms. The fourth-order valence-corrected chi connectivity index (χ4v) is 2.76. The number of hydrogen-bond donors (Lipinski definition) is 0. The molecule has 0 heterocycles. The molecule has 1 saturated carbocycles. The zero-order chi connectivity index (χ0) is 12.0. The Morgan fingerprint density at radius 3 is 2.69 bits per heavy atom. The van der Waals surface area contributed by atoms with Crippen LogP contribution in [0.5, 0.6) is 0 Å². The lowest BCUT2D eigenvalue weighted by molar-refractivity contribution is -0.136. The summed E-state index contributed by atoms with van der Waals surface area (Å²) in [4.78, 5) is 14.0. The SMILES string of the molecule is COCCOCC(=O)N(C)CC1CC(Br)C1. The maximum Gasteiger partial charge on any atom is 0.248 e. The number of carbonyl (C=O) groups excluding carboxylic acids is 1. The highest BCUT2D eigenvalue weighted by Gasteiger charge is 2.28. The van der Waals surface area contributed by atoms with Gasteiger partial charge in [0.2, 0.25) is 5.91 Å². The molecule has 94 valence electrons. The summed E-state index contributed by atoms with van der Waals surface area (Å²) in [6, 6.07) is 0. The summed E-state index contributed by atoms with van der Waals surface area (Å²) in [6.07, 6.45) is 2.34. The van der Waals surface area contributed by atoms with E-state index in [1.165, 1.54) is 12.8 Å². The molecular weight excluding hydrogens is 274 g/mol. The summed E-state index contributed by atoms with van der Waals surface area (Å²) >= 11 is 3.54. The zero-order valence-corrected chi connectivity index (χ0v) is 11.5. The molecule has 0 N–H and O–H groups in total. The normalized spacial score (nSPS) is 23.9. The Hall–Kier alpha value is -0.130. The summed E-state index contributed by atoms with van der Waals surface area (Å²) in [5, 5.41) is 0. The van der Waals surface area contributed by atoms with Gasteiger partial charge in [-0.2, -0.15) is 0 Å². The van der Waals surface area contributed by atoms with E-state index >= 15 is 0 Å². The Bertz CT molecular complexity index is 219. The molecule has 4 nitrogen and oxygen atoms in total.